The number of ether oxygens (including phenoxy) is 1. The van der Waals surface area contributed by atoms with E-state index in [0.717, 1.165) is 57.4 Å². The lowest BCUT2D eigenvalue weighted by Gasteiger charge is -2.26. The van der Waals surface area contributed by atoms with Crippen molar-refractivity contribution in [3.05, 3.63) is 82.8 Å². The Morgan fingerprint density at radius 1 is 1.20 bits per heavy atom. The zero-order valence-electron chi connectivity index (χ0n) is 17.1. The normalized spacial score (nSPS) is 20.1. The van der Waals surface area contributed by atoms with Crippen LogP contribution >= 0.6 is 11.3 Å². The molecular formula is C24H23N3O2S. The van der Waals surface area contributed by atoms with Crippen LogP contribution in [0.5, 0.6) is 0 Å². The van der Waals surface area contributed by atoms with E-state index in [-0.39, 0.29) is 11.2 Å². The third-order valence-electron chi connectivity index (χ3n) is 5.58. The van der Waals surface area contributed by atoms with Crippen molar-refractivity contribution in [1.29, 1.82) is 0 Å². The van der Waals surface area contributed by atoms with Crippen molar-refractivity contribution in [3.63, 3.8) is 0 Å². The summed E-state index contributed by atoms with van der Waals surface area (Å²) >= 11 is 1.47. The Bertz CT molecular complexity index is 1120. The molecule has 0 unspecified atom stereocenters. The number of rotatable bonds is 3. The van der Waals surface area contributed by atoms with Crippen molar-refractivity contribution in [2.45, 2.75) is 39.5 Å². The molecule has 2 aromatic rings. The van der Waals surface area contributed by atoms with E-state index in [1.807, 2.05) is 41.8 Å². The average molecular weight is 418 g/mol. The Morgan fingerprint density at radius 2 is 2.03 bits per heavy atom. The third kappa shape index (κ3) is 3.52. The van der Waals surface area contributed by atoms with Crippen molar-refractivity contribution >= 4 is 27.8 Å². The molecule has 2 aliphatic carbocycles. The lowest BCUT2D eigenvalue weighted by atomic mass is 9.78. The maximum atomic E-state index is 12.6. The van der Waals surface area contributed by atoms with Crippen molar-refractivity contribution < 1.29 is 9.53 Å². The van der Waals surface area contributed by atoms with Gasteiger partial charge in [-0.2, -0.15) is 0 Å². The molecular weight excluding hydrogens is 394 g/mol. The molecule has 0 bridgehead atoms. The number of hydrogen-bond donors (Lipinski definition) is 0. The van der Waals surface area contributed by atoms with Crippen LogP contribution < -0.4 is 4.90 Å². The lowest BCUT2D eigenvalue weighted by Crippen LogP contribution is -2.26. The zero-order valence-corrected chi connectivity index (χ0v) is 17.9. The molecule has 0 saturated heterocycles. The molecule has 0 fully saturated rings. The van der Waals surface area contributed by atoms with Gasteiger partial charge in [-0.3, -0.25) is 14.7 Å². The Morgan fingerprint density at radius 3 is 2.87 bits per heavy atom. The second-order valence-corrected chi connectivity index (χ2v) is 9.56. The SMILES string of the molecule is CC1(C)CC(=O)c2sc(N3C=COC(C4=C(c5ccncc5)C=CCC4)=C3)nc2C1. The Labute approximate surface area is 180 Å². The number of thiazole rings is 1. The first kappa shape index (κ1) is 19.0. The second kappa shape index (κ2) is 7.36. The van der Waals surface area contributed by atoms with E-state index in [1.165, 1.54) is 11.3 Å². The summed E-state index contributed by atoms with van der Waals surface area (Å²) in [5.41, 5.74) is 4.33. The topological polar surface area (TPSA) is 55.3 Å². The first-order valence-corrected chi connectivity index (χ1v) is 11.0. The predicted molar refractivity (Wildman–Crippen MR) is 119 cm³/mol. The van der Waals surface area contributed by atoms with Crippen molar-refractivity contribution in [3.8, 4) is 0 Å². The summed E-state index contributed by atoms with van der Waals surface area (Å²) < 4.78 is 5.92. The number of anilines is 1. The number of nitrogens with zero attached hydrogens (tertiary/aromatic N) is 3. The first-order chi connectivity index (χ1) is 14.5. The van der Waals surface area contributed by atoms with Crippen LogP contribution in [0.15, 0.2) is 66.7 Å². The summed E-state index contributed by atoms with van der Waals surface area (Å²) in [4.78, 5) is 24.3. The van der Waals surface area contributed by atoms with Gasteiger partial charge in [0.05, 0.1) is 16.8 Å². The van der Waals surface area contributed by atoms with Crippen molar-refractivity contribution in [1.82, 2.24) is 9.97 Å². The van der Waals surface area contributed by atoms with Gasteiger partial charge in [0, 0.05) is 30.6 Å². The van der Waals surface area contributed by atoms with Gasteiger partial charge in [-0.05, 0) is 47.9 Å². The van der Waals surface area contributed by atoms with Gasteiger partial charge >= 0.3 is 0 Å². The number of Topliss-reactive ketones (excluding diaryl/α,β-unsaturated/α-hetero) is 1. The van der Waals surface area contributed by atoms with E-state index in [4.69, 9.17) is 9.72 Å². The minimum atomic E-state index is -0.0318. The molecule has 30 heavy (non-hydrogen) atoms. The third-order valence-corrected chi connectivity index (χ3v) is 6.73. The molecule has 3 aliphatic rings. The van der Waals surface area contributed by atoms with Crippen LogP contribution in [0.1, 0.15) is 54.0 Å². The molecule has 6 heteroatoms. The summed E-state index contributed by atoms with van der Waals surface area (Å²) in [7, 11) is 0. The van der Waals surface area contributed by atoms with Crippen LogP contribution in [-0.4, -0.2) is 15.8 Å². The number of fused-ring (bicyclic) bond motifs is 1. The Hall–Kier alpha value is -2.99. The van der Waals surface area contributed by atoms with E-state index in [0.29, 0.717) is 6.42 Å². The second-order valence-electron chi connectivity index (χ2n) is 8.59. The molecule has 0 atom stereocenters. The van der Waals surface area contributed by atoms with E-state index >= 15 is 0 Å². The van der Waals surface area contributed by atoms with Gasteiger partial charge < -0.3 is 4.74 Å². The molecule has 0 amide bonds. The van der Waals surface area contributed by atoms with Gasteiger partial charge in [0.25, 0.3) is 0 Å². The van der Waals surface area contributed by atoms with Crippen LogP contribution in [0, 0.1) is 5.41 Å². The molecule has 0 N–H and O–H groups in total. The number of carbonyl (C=O) groups excluding carboxylic acids is 1. The lowest BCUT2D eigenvalue weighted by molar-refractivity contribution is 0.0916. The molecule has 2 aromatic heterocycles. The van der Waals surface area contributed by atoms with Gasteiger partial charge in [0.2, 0.25) is 0 Å². The highest BCUT2D eigenvalue weighted by Gasteiger charge is 2.34. The van der Waals surface area contributed by atoms with Crippen LogP contribution in [0.4, 0.5) is 5.13 Å². The molecule has 0 spiro atoms. The van der Waals surface area contributed by atoms with Crippen LogP contribution in [-0.2, 0) is 11.2 Å². The van der Waals surface area contributed by atoms with Gasteiger partial charge in [0.1, 0.15) is 12.0 Å². The molecule has 0 aromatic carbocycles. The van der Waals surface area contributed by atoms with Gasteiger partial charge in [-0.25, -0.2) is 4.98 Å². The molecule has 5 rings (SSSR count). The fourth-order valence-electron chi connectivity index (χ4n) is 4.18. The highest BCUT2D eigenvalue weighted by Crippen LogP contribution is 2.40. The number of pyridine rings is 1. The fourth-order valence-corrected chi connectivity index (χ4v) is 5.16. The minimum absolute atomic E-state index is 0.0318. The summed E-state index contributed by atoms with van der Waals surface area (Å²) in [5.74, 6) is 1.01. The van der Waals surface area contributed by atoms with E-state index < -0.39 is 0 Å². The summed E-state index contributed by atoms with van der Waals surface area (Å²) in [6.07, 6.45) is 16.8. The van der Waals surface area contributed by atoms with Crippen molar-refractivity contribution in [2.75, 3.05) is 4.90 Å². The number of allylic oxidation sites excluding steroid dienone is 4. The zero-order chi connectivity index (χ0) is 20.7. The van der Waals surface area contributed by atoms with Crippen LogP contribution in [0.25, 0.3) is 5.57 Å². The molecule has 152 valence electrons. The predicted octanol–water partition coefficient (Wildman–Crippen LogP) is 5.65. The maximum absolute atomic E-state index is 12.6. The van der Waals surface area contributed by atoms with Gasteiger partial charge in [0.15, 0.2) is 10.9 Å². The smallest absolute Gasteiger partial charge is 0.194 e. The van der Waals surface area contributed by atoms with E-state index in [1.54, 1.807) is 6.26 Å². The van der Waals surface area contributed by atoms with Crippen molar-refractivity contribution in [2.24, 2.45) is 5.41 Å². The fraction of sp³-hybridized carbons (Fsp3) is 0.292. The minimum Gasteiger partial charge on any atom is -0.462 e. The maximum Gasteiger partial charge on any atom is 0.194 e. The molecule has 0 radical (unpaired) electrons. The quantitative estimate of drug-likeness (QED) is 0.646. The average Bonchev–Trinajstić information content (AvgIpc) is 3.18. The monoisotopic (exact) mass is 417 g/mol. The highest BCUT2D eigenvalue weighted by molar-refractivity contribution is 7.17. The molecule has 5 nitrogen and oxygen atoms in total. The summed E-state index contributed by atoms with van der Waals surface area (Å²) in [5, 5.41) is 0.806. The van der Waals surface area contributed by atoms with Gasteiger partial charge in [-0.1, -0.05) is 37.3 Å². The standard InChI is InChI=1S/C24H23N3O2S/c1-24(2)13-19-22(20(28)14-24)30-23(26-19)27-11-12-29-21(15-27)18-6-4-3-5-17(18)16-7-9-25-10-8-16/h3,5,7-12,15H,4,6,13-14H2,1-2H3. The van der Waals surface area contributed by atoms with E-state index in [9.17, 15) is 4.79 Å². The largest absolute Gasteiger partial charge is 0.462 e. The number of hydrogen-bond acceptors (Lipinski definition) is 6. The number of ketones is 1. The number of carbonyl (C=O) groups is 1. The molecule has 3 heterocycles. The Balaban J connectivity index is 1.51. The van der Waals surface area contributed by atoms with Crippen LogP contribution in [0.3, 0.4) is 0 Å². The molecule has 1 aliphatic heterocycles. The Kier molecular flexibility index (Phi) is 4.66. The van der Waals surface area contributed by atoms with Gasteiger partial charge in [-0.15, -0.1) is 0 Å². The molecule has 0 saturated carbocycles. The van der Waals surface area contributed by atoms with Crippen LogP contribution in [0.2, 0.25) is 0 Å². The first-order valence-electron chi connectivity index (χ1n) is 10.2. The highest BCUT2D eigenvalue weighted by atomic mass is 32.1. The summed E-state index contributed by atoms with van der Waals surface area (Å²) in [6, 6.07) is 4.04. The number of aromatic nitrogens is 2. The summed E-state index contributed by atoms with van der Waals surface area (Å²) in [6.45, 7) is 4.26. The van der Waals surface area contributed by atoms with E-state index in [2.05, 4.69) is 31.0 Å².